The maximum Gasteiger partial charge on any atom is 0.240 e. The van der Waals surface area contributed by atoms with Crippen LogP contribution in [0.2, 0.25) is 0 Å². The topological polar surface area (TPSA) is 62.4 Å². The number of nitrogens with zero attached hydrogens (tertiary/aromatic N) is 3. The monoisotopic (exact) mass is 261 g/mol. The summed E-state index contributed by atoms with van der Waals surface area (Å²) in [5.74, 6) is 1.26. The second-order valence-corrected chi connectivity index (χ2v) is 4.81. The lowest BCUT2D eigenvalue weighted by Gasteiger charge is -2.15. The summed E-state index contributed by atoms with van der Waals surface area (Å²) in [6.07, 6.45) is 0.307. The number of aliphatic hydroxyl groups excluding tert-OH is 1. The molecule has 0 aliphatic rings. The Bertz CT molecular complexity index is 496. The van der Waals surface area contributed by atoms with Crippen molar-refractivity contribution in [2.75, 3.05) is 13.6 Å². The highest BCUT2D eigenvalue weighted by atomic mass is 16.5. The molecule has 1 aromatic carbocycles. The number of aromatic nitrogens is 2. The maximum absolute atomic E-state index is 9.29. The maximum atomic E-state index is 9.29. The van der Waals surface area contributed by atoms with E-state index in [1.807, 2.05) is 42.3 Å². The highest BCUT2D eigenvalue weighted by Crippen LogP contribution is 2.07. The van der Waals surface area contributed by atoms with Crippen molar-refractivity contribution in [2.45, 2.75) is 26.0 Å². The quantitative estimate of drug-likeness (QED) is 0.853. The predicted octanol–water partition coefficient (Wildman–Crippen LogP) is 1.47. The van der Waals surface area contributed by atoms with Crippen LogP contribution in [0, 0.1) is 0 Å². The van der Waals surface area contributed by atoms with Crippen LogP contribution in [0.15, 0.2) is 34.9 Å². The van der Waals surface area contributed by atoms with Crippen LogP contribution >= 0.6 is 0 Å². The first-order valence-corrected chi connectivity index (χ1v) is 6.35. The van der Waals surface area contributed by atoms with Crippen molar-refractivity contribution >= 4 is 0 Å². The standard InChI is InChI=1S/C14H19N3O2/c1-11(18)9-17(2)10-14-15-13(16-19-14)8-12-6-4-3-5-7-12/h3-7,11,18H,8-10H2,1-2H3. The van der Waals surface area contributed by atoms with Crippen LogP contribution in [0.1, 0.15) is 24.2 Å². The smallest absolute Gasteiger partial charge is 0.240 e. The molecule has 1 unspecified atom stereocenters. The summed E-state index contributed by atoms with van der Waals surface area (Å²) < 4.78 is 5.20. The zero-order valence-electron chi connectivity index (χ0n) is 11.3. The van der Waals surface area contributed by atoms with E-state index in [0.29, 0.717) is 31.2 Å². The van der Waals surface area contributed by atoms with E-state index in [4.69, 9.17) is 4.52 Å². The van der Waals surface area contributed by atoms with Gasteiger partial charge in [-0.15, -0.1) is 0 Å². The molecular formula is C14H19N3O2. The van der Waals surface area contributed by atoms with Crippen LogP contribution in [-0.4, -0.2) is 39.8 Å². The van der Waals surface area contributed by atoms with Gasteiger partial charge < -0.3 is 9.63 Å². The number of hydrogen-bond donors (Lipinski definition) is 1. The Kier molecular flexibility index (Phi) is 4.65. The third-order valence-corrected chi connectivity index (χ3v) is 2.70. The van der Waals surface area contributed by atoms with Gasteiger partial charge in [-0.25, -0.2) is 0 Å². The van der Waals surface area contributed by atoms with Gasteiger partial charge in [-0.3, -0.25) is 4.90 Å². The van der Waals surface area contributed by atoms with Crippen LogP contribution in [0.4, 0.5) is 0 Å². The summed E-state index contributed by atoms with van der Waals surface area (Å²) in [6.45, 7) is 2.88. The van der Waals surface area contributed by atoms with E-state index in [1.165, 1.54) is 0 Å². The van der Waals surface area contributed by atoms with Gasteiger partial charge in [0.1, 0.15) is 0 Å². The van der Waals surface area contributed by atoms with Crippen molar-refractivity contribution in [3.63, 3.8) is 0 Å². The van der Waals surface area contributed by atoms with Gasteiger partial charge in [0.15, 0.2) is 5.82 Å². The molecule has 0 radical (unpaired) electrons. The summed E-state index contributed by atoms with van der Waals surface area (Å²) in [5, 5.41) is 13.3. The number of rotatable bonds is 6. The van der Waals surface area contributed by atoms with Crippen molar-refractivity contribution < 1.29 is 9.63 Å². The van der Waals surface area contributed by atoms with E-state index in [-0.39, 0.29) is 6.10 Å². The average Bonchev–Trinajstić information content (AvgIpc) is 2.76. The molecule has 5 nitrogen and oxygen atoms in total. The average molecular weight is 261 g/mol. The fraction of sp³-hybridized carbons (Fsp3) is 0.429. The minimum atomic E-state index is -0.364. The Balaban J connectivity index is 1.92. The van der Waals surface area contributed by atoms with Gasteiger partial charge in [0.25, 0.3) is 0 Å². The highest BCUT2D eigenvalue weighted by molar-refractivity contribution is 5.18. The molecule has 5 heteroatoms. The third-order valence-electron chi connectivity index (χ3n) is 2.70. The van der Waals surface area contributed by atoms with Crippen LogP contribution in [-0.2, 0) is 13.0 Å². The number of hydrogen-bond acceptors (Lipinski definition) is 5. The molecule has 0 spiro atoms. The molecule has 19 heavy (non-hydrogen) atoms. The molecule has 0 amide bonds. The lowest BCUT2D eigenvalue weighted by molar-refractivity contribution is 0.131. The second kappa shape index (κ2) is 6.45. The van der Waals surface area contributed by atoms with Gasteiger partial charge in [-0.05, 0) is 19.5 Å². The van der Waals surface area contributed by atoms with Crippen molar-refractivity contribution in [3.8, 4) is 0 Å². The molecule has 0 saturated heterocycles. The molecule has 0 fully saturated rings. The van der Waals surface area contributed by atoms with Gasteiger partial charge in [0, 0.05) is 13.0 Å². The SMILES string of the molecule is CC(O)CN(C)Cc1nc(Cc2ccccc2)no1. The van der Waals surface area contributed by atoms with E-state index >= 15 is 0 Å². The minimum Gasteiger partial charge on any atom is -0.392 e. The van der Waals surface area contributed by atoms with Crippen LogP contribution < -0.4 is 0 Å². The Morgan fingerprint density at radius 1 is 1.32 bits per heavy atom. The molecule has 2 rings (SSSR count). The predicted molar refractivity (Wildman–Crippen MR) is 71.6 cm³/mol. The summed E-state index contributed by atoms with van der Waals surface area (Å²) in [5.41, 5.74) is 1.16. The van der Waals surface area contributed by atoms with Crippen LogP contribution in [0.3, 0.4) is 0 Å². The Hall–Kier alpha value is -1.72. The van der Waals surface area contributed by atoms with Crippen molar-refractivity contribution in [3.05, 3.63) is 47.6 Å². The lowest BCUT2D eigenvalue weighted by Crippen LogP contribution is -2.26. The van der Waals surface area contributed by atoms with Crippen LogP contribution in [0.25, 0.3) is 0 Å². The molecule has 2 aromatic rings. The Morgan fingerprint density at radius 3 is 2.74 bits per heavy atom. The van der Waals surface area contributed by atoms with Crippen molar-refractivity contribution in [1.29, 1.82) is 0 Å². The minimum absolute atomic E-state index is 0.364. The first-order chi connectivity index (χ1) is 9.13. The number of likely N-dealkylation sites (N-methyl/N-ethyl adjacent to an activating group) is 1. The normalized spacial score (nSPS) is 12.8. The molecule has 1 aromatic heterocycles. The van der Waals surface area contributed by atoms with E-state index in [9.17, 15) is 5.11 Å². The van der Waals surface area contributed by atoms with E-state index in [2.05, 4.69) is 10.1 Å². The molecule has 0 saturated carbocycles. The van der Waals surface area contributed by atoms with Crippen LogP contribution in [0.5, 0.6) is 0 Å². The molecule has 0 bridgehead atoms. The van der Waals surface area contributed by atoms with Crippen molar-refractivity contribution in [1.82, 2.24) is 15.0 Å². The van der Waals surface area contributed by atoms with Gasteiger partial charge in [0.2, 0.25) is 5.89 Å². The molecule has 1 atom stereocenters. The molecule has 0 aliphatic carbocycles. The molecular weight excluding hydrogens is 242 g/mol. The zero-order chi connectivity index (χ0) is 13.7. The summed E-state index contributed by atoms with van der Waals surface area (Å²) in [4.78, 5) is 6.30. The largest absolute Gasteiger partial charge is 0.392 e. The highest BCUT2D eigenvalue weighted by Gasteiger charge is 2.10. The number of benzene rings is 1. The first-order valence-electron chi connectivity index (χ1n) is 6.35. The second-order valence-electron chi connectivity index (χ2n) is 4.81. The summed E-state index contributed by atoms with van der Waals surface area (Å²) in [7, 11) is 1.91. The number of aliphatic hydroxyl groups is 1. The fourth-order valence-corrected chi connectivity index (χ4v) is 1.95. The fourth-order valence-electron chi connectivity index (χ4n) is 1.95. The molecule has 102 valence electrons. The van der Waals surface area contributed by atoms with E-state index in [1.54, 1.807) is 6.92 Å². The third kappa shape index (κ3) is 4.46. The molecule has 0 aliphatic heterocycles. The Morgan fingerprint density at radius 2 is 2.05 bits per heavy atom. The van der Waals surface area contributed by atoms with Gasteiger partial charge in [-0.2, -0.15) is 4.98 Å². The van der Waals surface area contributed by atoms with Gasteiger partial charge in [0.05, 0.1) is 12.6 Å². The first kappa shape index (κ1) is 13.7. The van der Waals surface area contributed by atoms with E-state index in [0.717, 1.165) is 5.56 Å². The van der Waals surface area contributed by atoms with Gasteiger partial charge in [-0.1, -0.05) is 35.5 Å². The zero-order valence-corrected chi connectivity index (χ0v) is 11.3. The molecule has 1 N–H and O–H groups in total. The molecule has 1 heterocycles. The van der Waals surface area contributed by atoms with Gasteiger partial charge >= 0.3 is 0 Å². The lowest BCUT2D eigenvalue weighted by atomic mass is 10.1. The summed E-state index contributed by atoms with van der Waals surface area (Å²) in [6, 6.07) is 10.0. The Labute approximate surface area is 112 Å². The van der Waals surface area contributed by atoms with Crippen molar-refractivity contribution in [2.24, 2.45) is 0 Å². The summed E-state index contributed by atoms with van der Waals surface area (Å²) >= 11 is 0. The van der Waals surface area contributed by atoms with E-state index < -0.39 is 0 Å².